The molecule has 0 spiro atoms. The highest BCUT2D eigenvalue weighted by Gasteiger charge is 2.28. The van der Waals surface area contributed by atoms with Crippen molar-refractivity contribution in [2.75, 3.05) is 32.7 Å². The maximum absolute atomic E-state index is 12.6. The molecule has 0 bridgehead atoms. The molecule has 130 valence electrons. The predicted octanol–water partition coefficient (Wildman–Crippen LogP) is 2.11. The molecule has 1 aromatic carbocycles. The third-order valence-corrected chi connectivity index (χ3v) is 6.68. The molecule has 1 aliphatic heterocycles. The van der Waals surface area contributed by atoms with Gasteiger partial charge in [-0.3, -0.25) is 4.90 Å². The third-order valence-electron chi connectivity index (χ3n) is 4.77. The first-order valence-corrected chi connectivity index (χ1v) is 9.83. The summed E-state index contributed by atoms with van der Waals surface area (Å²) in [6.07, 6.45) is 0. The number of hydrogen-bond acceptors (Lipinski definition) is 3. The van der Waals surface area contributed by atoms with Crippen molar-refractivity contribution in [2.45, 2.75) is 25.3 Å². The molecule has 6 heteroatoms. The fraction of sp³-hybridized carbons (Fsp3) is 0.444. The van der Waals surface area contributed by atoms with Crippen LogP contribution in [0.25, 0.3) is 0 Å². The summed E-state index contributed by atoms with van der Waals surface area (Å²) < 4.78 is 29.2. The van der Waals surface area contributed by atoms with Gasteiger partial charge in [-0.15, -0.1) is 0 Å². The number of sulfonamides is 1. The van der Waals surface area contributed by atoms with Crippen molar-refractivity contribution in [3.63, 3.8) is 0 Å². The van der Waals surface area contributed by atoms with Crippen LogP contribution in [0.3, 0.4) is 0 Å². The van der Waals surface area contributed by atoms with E-state index < -0.39 is 10.0 Å². The maximum Gasteiger partial charge on any atom is 0.243 e. The van der Waals surface area contributed by atoms with E-state index in [1.165, 1.54) is 11.4 Å². The van der Waals surface area contributed by atoms with Crippen molar-refractivity contribution in [2.24, 2.45) is 0 Å². The van der Waals surface area contributed by atoms with E-state index in [1.807, 2.05) is 6.07 Å². The molecule has 5 nitrogen and oxygen atoms in total. The van der Waals surface area contributed by atoms with E-state index in [1.54, 1.807) is 28.6 Å². The van der Waals surface area contributed by atoms with E-state index in [2.05, 4.69) is 35.4 Å². The highest BCUT2D eigenvalue weighted by molar-refractivity contribution is 7.89. The smallest absolute Gasteiger partial charge is 0.243 e. The molecule has 24 heavy (non-hydrogen) atoms. The Labute approximate surface area is 144 Å². The Kier molecular flexibility index (Phi) is 5.08. The largest absolute Gasteiger partial charge is 0.348 e. The van der Waals surface area contributed by atoms with Gasteiger partial charge in [-0.05, 0) is 38.1 Å². The van der Waals surface area contributed by atoms with Gasteiger partial charge in [0.1, 0.15) is 0 Å². The monoisotopic (exact) mass is 347 g/mol. The lowest BCUT2D eigenvalue weighted by Gasteiger charge is -2.34. The minimum absolute atomic E-state index is 0.386. The molecule has 1 fully saturated rings. The SMILES string of the molecule is Cc1ccc(C)n1CCN1CCN(S(=O)(=O)c2ccccc2)CC1. The molecule has 0 N–H and O–H groups in total. The van der Waals surface area contributed by atoms with Crippen molar-refractivity contribution in [3.05, 3.63) is 53.9 Å². The molecule has 2 aromatic rings. The minimum Gasteiger partial charge on any atom is -0.348 e. The van der Waals surface area contributed by atoms with Gasteiger partial charge in [0.05, 0.1) is 4.90 Å². The van der Waals surface area contributed by atoms with Gasteiger partial charge < -0.3 is 4.57 Å². The second-order valence-corrected chi connectivity index (χ2v) is 8.26. The number of aryl methyl sites for hydroxylation is 2. The van der Waals surface area contributed by atoms with Crippen LogP contribution in [0.2, 0.25) is 0 Å². The van der Waals surface area contributed by atoms with Gasteiger partial charge in [0.15, 0.2) is 0 Å². The summed E-state index contributed by atoms with van der Waals surface area (Å²) in [6.45, 7) is 8.83. The van der Waals surface area contributed by atoms with E-state index in [0.717, 1.165) is 26.2 Å². The Morgan fingerprint density at radius 1 is 0.833 bits per heavy atom. The first-order valence-electron chi connectivity index (χ1n) is 8.39. The molecule has 0 aliphatic carbocycles. The van der Waals surface area contributed by atoms with Crippen LogP contribution in [0.15, 0.2) is 47.4 Å². The van der Waals surface area contributed by atoms with Crippen molar-refractivity contribution in [3.8, 4) is 0 Å². The zero-order chi connectivity index (χ0) is 17.2. The van der Waals surface area contributed by atoms with Crippen LogP contribution in [-0.4, -0.2) is 54.9 Å². The summed E-state index contributed by atoms with van der Waals surface area (Å²) in [4.78, 5) is 2.73. The molecule has 1 aliphatic rings. The number of rotatable bonds is 5. The van der Waals surface area contributed by atoms with Crippen LogP contribution in [0.4, 0.5) is 0 Å². The van der Waals surface area contributed by atoms with Gasteiger partial charge in [-0.25, -0.2) is 8.42 Å². The zero-order valence-corrected chi connectivity index (χ0v) is 15.2. The Balaban J connectivity index is 1.56. The van der Waals surface area contributed by atoms with E-state index >= 15 is 0 Å². The van der Waals surface area contributed by atoms with Crippen LogP contribution in [0, 0.1) is 13.8 Å². The van der Waals surface area contributed by atoms with E-state index in [4.69, 9.17) is 0 Å². The summed E-state index contributed by atoms with van der Waals surface area (Å²) in [5.41, 5.74) is 2.55. The van der Waals surface area contributed by atoms with Gasteiger partial charge in [0.25, 0.3) is 0 Å². The summed E-state index contributed by atoms with van der Waals surface area (Å²) in [5.74, 6) is 0. The number of hydrogen-bond donors (Lipinski definition) is 0. The summed E-state index contributed by atoms with van der Waals surface area (Å²) in [6, 6.07) is 13.0. The Bertz CT molecular complexity index is 756. The van der Waals surface area contributed by atoms with Crippen LogP contribution in [0.1, 0.15) is 11.4 Å². The van der Waals surface area contributed by atoms with E-state index in [9.17, 15) is 8.42 Å². The predicted molar refractivity (Wildman–Crippen MR) is 95.5 cm³/mol. The summed E-state index contributed by atoms with van der Waals surface area (Å²) in [5, 5.41) is 0. The molecule has 0 amide bonds. The lowest BCUT2D eigenvalue weighted by molar-refractivity contribution is 0.182. The number of nitrogens with zero attached hydrogens (tertiary/aromatic N) is 3. The highest BCUT2D eigenvalue weighted by atomic mass is 32.2. The molecule has 1 aromatic heterocycles. The second kappa shape index (κ2) is 7.09. The second-order valence-electron chi connectivity index (χ2n) is 6.33. The topological polar surface area (TPSA) is 45.5 Å². The molecule has 1 saturated heterocycles. The average molecular weight is 347 g/mol. The number of benzene rings is 1. The summed E-state index contributed by atoms with van der Waals surface area (Å²) >= 11 is 0. The fourth-order valence-corrected chi connectivity index (χ4v) is 4.67. The van der Waals surface area contributed by atoms with Gasteiger partial charge in [0.2, 0.25) is 10.0 Å². The van der Waals surface area contributed by atoms with Crippen LogP contribution in [-0.2, 0) is 16.6 Å². The molecule has 3 rings (SSSR count). The maximum atomic E-state index is 12.6. The third kappa shape index (κ3) is 3.55. The minimum atomic E-state index is -3.36. The first-order chi connectivity index (χ1) is 11.5. The molecule has 0 atom stereocenters. The van der Waals surface area contributed by atoms with Crippen LogP contribution in [0.5, 0.6) is 0 Å². The van der Waals surface area contributed by atoms with E-state index in [0.29, 0.717) is 18.0 Å². The molecule has 0 unspecified atom stereocenters. The van der Waals surface area contributed by atoms with Gasteiger partial charge in [-0.2, -0.15) is 4.31 Å². The van der Waals surface area contributed by atoms with Crippen molar-refractivity contribution >= 4 is 10.0 Å². The van der Waals surface area contributed by atoms with E-state index in [-0.39, 0.29) is 0 Å². The normalized spacial score (nSPS) is 17.2. The Hall–Kier alpha value is -1.63. The van der Waals surface area contributed by atoms with Crippen molar-refractivity contribution < 1.29 is 8.42 Å². The van der Waals surface area contributed by atoms with Gasteiger partial charge >= 0.3 is 0 Å². The average Bonchev–Trinajstić information content (AvgIpc) is 2.92. The fourth-order valence-electron chi connectivity index (χ4n) is 3.23. The lowest BCUT2D eigenvalue weighted by atomic mass is 10.3. The van der Waals surface area contributed by atoms with Crippen LogP contribution < -0.4 is 0 Å². The Morgan fingerprint density at radius 2 is 1.42 bits per heavy atom. The quantitative estimate of drug-likeness (QED) is 0.832. The molecular weight excluding hydrogens is 322 g/mol. The number of aromatic nitrogens is 1. The molecular formula is C18H25N3O2S. The zero-order valence-electron chi connectivity index (χ0n) is 14.4. The van der Waals surface area contributed by atoms with Gasteiger partial charge in [0, 0.05) is 50.7 Å². The molecule has 2 heterocycles. The van der Waals surface area contributed by atoms with Crippen molar-refractivity contribution in [1.82, 2.24) is 13.8 Å². The first kappa shape index (κ1) is 17.2. The van der Waals surface area contributed by atoms with Crippen LogP contribution >= 0.6 is 0 Å². The number of piperazine rings is 1. The lowest BCUT2D eigenvalue weighted by Crippen LogP contribution is -2.49. The molecule has 0 saturated carbocycles. The van der Waals surface area contributed by atoms with Crippen molar-refractivity contribution in [1.29, 1.82) is 0 Å². The summed E-state index contributed by atoms with van der Waals surface area (Å²) in [7, 11) is -3.36. The standard InChI is InChI=1S/C18H25N3O2S/c1-16-8-9-17(2)21(16)15-12-19-10-13-20(14-11-19)24(22,23)18-6-4-3-5-7-18/h3-9H,10-15H2,1-2H3. The highest BCUT2D eigenvalue weighted by Crippen LogP contribution is 2.17. The Morgan fingerprint density at radius 3 is 2.00 bits per heavy atom. The molecule has 0 radical (unpaired) electrons. The van der Waals surface area contributed by atoms with Gasteiger partial charge in [-0.1, -0.05) is 18.2 Å².